The first-order valence-electron chi connectivity index (χ1n) is 4.72. The van der Waals surface area contributed by atoms with Gasteiger partial charge in [-0.15, -0.1) is 0 Å². The van der Waals surface area contributed by atoms with Gasteiger partial charge in [0.1, 0.15) is 0 Å². The van der Waals surface area contributed by atoms with Gasteiger partial charge in [-0.05, 0) is 5.56 Å². The Hall–Kier alpha value is -2.36. The highest BCUT2D eigenvalue weighted by molar-refractivity contribution is 5.97. The van der Waals surface area contributed by atoms with Crippen LogP contribution in [-0.4, -0.2) is 11.9 Å². The summed E-state index contributed by atoms with van der Waals surface area (Å²) in [7, 11) is 0. The number of hydrogen-bond acceptors (Lipinski definition) is 1. The van der Waals surface area contributed by atoms with E-state index in [9.17, 15) is 4.79 Å². The van der Waals surface area contributed by atoms with Crippen molar-refractivity contribution in [2.24, 2.45) is 16.5 Å². The molecule has 0 aliphatic rings. The van der Waals surface area contributed by atoms with E-state index in [1.165, 1.54) is 6.08 Å². The molecule has 0 fully saturated rings. The molecule has 0 saturated carbocycles. The molecule has 4 heteroatoms. The van der Waals surface area contributed by atoms with Crippen LogP contribution in [0.5, 0.6) is 0 Å². The van der Waals surface area contributed by atoms with Gasteiger partial charge in [-0.2, -0.15) is 4.99 Å². The van der Waals surface area contributed by atoms with Gasteiger partial charge in [0.15, 0.2) is 5.96 Å². The van der Waals surface area contributed by atoms with Crippen molar-refractivity contribution in [3.63, 3.8) is 0 Å². The second-order valence-electron chi connectivity index (χ2n) is 3.00. The van der Waals surface area contributed by atoms with E-state index in [-0.39, 0.29) is 5.96 Å². The third kappa shape index (κ3) is 4.76. The molecule has 0 bridgehead atoms. The second-order valence-corrected chi connectivity index (χ2v) is 3.00. The zero-order valence-electron chi connectivity index (χ0n) is 8.71. The fourth-order valence-corrected chi connectivity index (χ4v) is 1.03. The summed E-state index contributed by atoms with van der Waals surface area (Å²) >= 11 is 0. The highest BCUT2D eigenvalue weighted by Crippen LogP contribution is 2.00. The van der Waals surface area contributed by atoms with Crippen LogP contribution in [0.1, 0.15) is 5.56 Å². The van der Waals surface area contributed by atoms with Crippen molar-refractivity contribution < 1.29 is 4.79 Å². The number of allylic oxidation sites excluding steroid dienone is 2. The maximum absolute atomic E-state index is 11.0. The number of amides is 1. The Morgan fingerprint density at radius 1 is 1.12 bits per heavy atom. The summed E-state index contributed by atoms with van der Waals surface area (Å²) in [4.78, 5) is 14.3. The van der Waals surface area contributed by atoms with E-state index in [0.29, 0.717) is 0 Å². The number of rotatable bonds is 3. The second kappa shape index (κ2) is 6.19. The average Bonchev–Trinajstić information content (AvgIpc) is 2.25. The van der Waals surface area contributed by atoms with E-state index in [0.717, 1.165) is 5.56 Å². The number of carbonyl (C=O) groups is 1. The average molecular weight is 215 g/mol. The quantitative estimate of drug-likeness (QED) is 0.342. The van der Waals surface area contributed by atoms with Crippen molar-refractivity contribution in [1.82, 2.24) is 0 Å². The number of hydrogen-bond donors (Lipinski definition) is 2. The zero-order valence-corrected chi connectivity index (χ0v) is 8.71. The lowest BCUT2D eigenvalue weighted by Crippen LogP contribution is -2.23. The Kier molecular flexibility index (Phi) is 4.53. The molecule has 4 N–H and O–H groups in total. The van der Waals surface area contributed by atoms with Crippen molar-refractivity contribution in [3.8, 4) is 0 Å². The molecule has 0 aliphatic carbocycles. The lowest BCUT2D eigenvalue weighted by Gasteiger charge is -1.88. The van der Waals surface area contributed by atoms with Crippen molar-refractivity contribution in [2.45, 2.75) is 0 Å². The van der Waals surface area contributed by atoms with Crippen LogP contribution in [-0.2, 0) is 4.79 Å². The fraction of sp³-hybridized carbons (Fsp3) is 0. The van der Waals surface area contributed by atoms with Gasteiger partial charge in [-0.1, -0.05) is 48.6 Å². The van der Waals surface area contributed by atoms with E-state index in [1.54, 1.807) is 12.2 Å². The fourth-order valence-electron chi connectivity index (χ4n) is 1.03. The predicted octanol–water partition coefficient (Wildman–Crippen LogP) is 1.06. The molecule has 0 atom stereocenters. The Morgan fingerprint density at radius 2 is 1.81 bits per heavy atom. The Bertz CT molecular complexity index is 429. The number of carbonyl (C=O) groups excluding carboxylic acids is 1. The summed E-state index contributed by atoms with van der Waals surface area (Å²) < 4.78 is 0. The monoisotopic (exact) mass is 215 g/mol. The molecule has 0 saturated heterocycles. The topological polar surface area (TPSA) is 81.5 Å². The first-order chi connectivity index (χ1) is 7.68. The van der Waals surface area contributed by atoms with E-state index in [4.69, 9.17) is 11.5 Å². The summed E-state index contributed by atoms with van der Waals surface area (Å²) in [5, 5.41) is 0. The maximum atomic E-state index is 11.0. The smallest absolute Gasteiger partial charge is 0.272 e. The van der Waals surface area contributed by atoms with Gasteiger partial charge in [0, 0.05) is 6.08 Å². The first kappa shape index (κ1) is 11.7. The number of aliphatic imine (C=N–C) groups is 1. The van der Waals surface area contributed by atoms with Crippen molar-refractivity contribution >= 4 is 17.9 Å². The van der Waals surface area contributed by atoms with Gasteiger partial charge in [-0.25, -0.2) is 0 Å². The van der Waals surface area contributed by atoms with Gasteiger partial charge in [0.25, 0.3) is 5.91 Å². The molecule has 1 rings (SSSR count). The molecular formula is C12H13N3O. The van der Waals surface area contributed by atoms with Crippen LogP contribution >= 0.6 is 0 Å². The highest BCUT2D eigenvalue weighted by atomic mass is 16.1. The van der Waals surface area contributed by atoms with E-state index < -0.39 is 5.91 Å². The molecule has 0 aliphatic heterocycles. The largest absolute Gasteiger partial charge is 0.370 e. The van der Waals surface area contributed by atoms with E-state index in [2.05, 4.69) is 4.99 Å². The molecule has 4 nitrogen and oxygen atoms in total. The van der Waals surface area contributed by atoms with E-state index in [1.807, 2.05) is 36.4 Å². The minimum Gasteiger partial charge on any atom is -0.370 e. The van der Waals surface area contributed by atoms with E-state index >= 15 is 0 Å². The van der Waals surface area contributed by atoms with Crippen LogP contribution < -0.4 is 11.5 Å². The van der Waals surface area contributed by atoms with Gasteiger partial charge in [-0.3, -0.25) is 4.79 Å². The molecule has 1 amide bonds. The minimum absolute atomic E-state index is 0.235. The van der Waals surface area contributed by atoms with Crippen molar-refractivity contribution in [1.29, 1.82) is 0 Å². The molecular weight excluding hydrogens is 202 g/mol. The third-order valence-electron chi connectivity index (χ3n) is 1.68. The molecule has 0 unspecified atom stereocenters. The number of nitrogens with two attached hydrogens (primary N) is 2. The van der Waals surface area contributed by atoms with Gasteiger partial charge < -0.3 is 11.5 Å². The van der Waals surface area contributed by atoms with Crippen molar-refractivity contribution in [2.75, 3.05) is 0 Å². The van der Waals surface area contributed by atoms with Crippen LogP contribution in [0.3, 0.4) is 0 Å². The van der Waals surface area contributed by atoms with Crippen molar-refractivity contribution in [3.05, 3.63) is 54.1 Å². The van der Waals surface area contributed by atoms with Crippen LogP contribution in [0.2, 0.25) is 0 Å². The maximum Gasteiger partial charge on any atom is 0.272 e. The molecule has 16 heavy (non-hydrogen) atoms. The Labute approximate surface area is 94.0 Å². The molecule has 1 aromatic carbocycles. The minimum atomic E-state index is -0.474. The van der Waals surface area contributed by atoms with Crippen LogP contribution in [0.15, 0.2) is 53.6 Å². The van der Waals surface area contributed by atoms with Crippen LogP contribution in [0.25, 0.3) is 6.08 Å². The lowest BCUT2D eigenvalue weighted by molar-refractivity contribution is -0.113. The van der Waals surface area contributed by atoms with Gasteiger partial charge >= 0.3 is 0 Å². The molecule has 1 aromatic rings. The number of guanidine groups is 1. The third-order valence-corrected chi connectivity index (χ3v) is 1.68. The number of nitrogens with zero attached hydrogens (tertiary/aromatic N) is 1. The summed E-state index contributed by atoms with van der Waals surface area (Å²) in [5.41, 5.74) is 11.1. The van der Waals surface area contributed by atoms with Crippen LogP contribution in [0, 0.1) is 0 Å². The van der Waals surface area contributed by atoms with Gasteiger partial charge in [0.2, 0.25) is 0 Å². The highest BCUT2D eigenvalue weighted by Gasteiger charge is 1.89. The summed E-state index contributed by atoms with van der Waals surface area (Å²) in [6.45, 7) is 0. The summed E-state index contributed by atoms with van der Waals surface area (Å²) in [6.07, 6.45) is 6.50. The molecule has 0 heterocycles. The molecule has 82 valence electrons. The normalized spacial score (nSPS) is 10.8. The first-order valence-corrected chi connectivity index (χ1v) is 4.72. The summed E-state index contributed by atoms with van der Waals surface area (Å²) in [6, 6.07) is 9.74. The van der Waals surface area contributed by atoms with Gasteiger partial charge in [0.05, 0.1) is 0 Å². The Morgan fingerprint density at radius 3 is 2.44 bits per heavy atom. The molecule has 0 spiro atoms. The standard InChI is InChI=1S/C12H13N3O/c13-12(14)15-11(16)9-5-4-8-10-6-2-1-3-7-10/h1-9H,(H4,13,14,15,16)/b8-4+,9-5+. The molecule has 0 aromatic heterocycles. The number of benzene rings is 1. The Balaban J connectivity index is 2.52. The predicted molar refractivity (Wildman–Crippen MR) is 65.4 cm³/mol. The molecule has 0 radical (unpaired) electrons. The SMILES string of the molecule is NC(N)=NC(=O)/C=C/C=C/c1ccccc1. The summed E-state index contributed by atoms with van der Waals surface area (Å²) in [5.74, 6) is -0.709. The van der Waals surface area contributed by atoms with Crippen LogP contribution in [0.4, 0.5) is 0 Å². The zero-order chi connectivity index (χ0) is 11.8. The lowest BCUT2D eigenvalue weighted by atomic mass is 10.2.